The van der Waals surface area contributed by atoms with Crippen LogP contribution in [0.15, 0.2) is 30.3 Å². The summed E-state index contributed by atoms with van der Waals surface area (Å²) in [6.45, 7) is 0. The first-order chi connectivity index (χ1) is 12.6. The van der Waals surface area contributed by atoms with Crippen molar-refractivity contribution in [3.8, 4) is 28.7 Å². The number of rotatable bonds is 5. The lowest BCUT2D eigenvalue weighted by Gasteiger charge is -2.33. The van der Waals surface area contributed by atoms with Crippen molar-refractivity contribution in [2.75, 3.05) is 28.4 Å². The third-order valence-corrected chi connectivity index (χ3v) is 4.32. The highest BCUT2D eigenvalue weighted by Gasteiger charge is 2.44. The summed E-state index contributed by atoms with van der Waals surface area (Å²) in [4.78, 5) is 13.1. The number of aromatic hydroxyl groups is 1. The normalized spacial score (nSPS) is 18.7. The summed E-state index contributed by atoms with van der Waals surface area (Å²) in [6, 6.07) is 9.22. The second-order valence-corrected chi connectivity index (χ2v) is 5.62. The first-order valence-electron chi connectivity index (χ1n) is 7.92. The van der Waals surface area contributed by atoms with Gasteiger partial charge < -0.3 is 28.8 Å². The molecule has 1 aliphatic heterocycles. The fourth-order valence-electron chi connectivity index (χ4n) is 3.13. The number of phenolic OH excluding ortho intramolecular Hbond substituents is 1. The van der Waals surface area contributed by atoms with Crippen molar-refractivity contribution >= 4 is 5.78 Å². The van der Waals surface area contributed by atoms with Crippen LogP contribution in [0.25, 0.3) is 0 Å². The number of carbonyl (C=O) groups excluding carboxylic acids is 1. The zero-order valence-corrected chi connectivity index (χ0v) is 14.9. The number of carbonyl (C=O) groups is 1. The molecule has 0 aliphatic carbocycles. The van der Waals surface area contributed by atoms with Crippen molar-refractivity contribution in [2.24, 2.45) is 0 Å². The van der Waals surface area contributed by atoms with Gasteiger partial charge in [-0.1, -0.05) is 30.3 Å². The summed E-state index contributed by atoms with van der Waals surface area (Å²) in [6.07, 6.45) is -1.63. The first kappa shape index (κ1) is 17.9. The maximum absolute atomic E-state index is 13.1. The number of benzene rings is 2. The van der Waals surface area contributed by atoms with E-state index in [2.05, 4.69) is 0 Å². The highest BCUT2D eigenvalue weighted by atomic mass is 16.6. The standard InChI is InChI=1S/C19H20O7/c1-22-16-12(20)11-13(21)17(23-2)19(25-4)18(24-3)15(11)26-14(16)10-8-6-5-7-9-10/h5-9,14,16,21H,1-4H3/t14-,16-/m0/s1. The van der Waals surface area contributed by atoms with E-state index in [1.165, 1.54) is 28.4 Å². The molecule has 138 valence electrons. The highest BCUT2D eigenvalue weighted by Crippen LogP contribution is 2.56. The van der Waals surface area contributed by atoms with Crippen LogP contribution in [-0.2, 0) is 4.74 Å². The minimum Gasteiger partial charge on any atom is -0.504 e. The van der Waals surface area contributed by atoms with Crippen LogP contribution >= 0.6 is 0 Å². The van der Waals surface area contributed by atoms with E-state index in [9.17, 15) is 9.90 Å². The highest BCUT2D eigenvalue weighted by molar-refractivity contribution is 6.07. The van der Waals surface area contributed by atoms with Crippen LogP contribution in [0.2, 0.25) is 0 Å². The van der Waals surface area contributed by atoms with Gasteiger partial charge in [-0.15, -0.1) is 0 Å². The number of ether oxygens (including phenoxy) is 5. The van der Waals surface area contributed by atoms with Gasteiger partial charge in [0.1, 0.15) is 5.56 Å². The van der Waals surface area contributed by atoms with Crippen LogP contribution in [-0.4, -0.2) is 45.4 Å². The van der Waals surface area contributed by atoms with Gasteiger partial charge >= 0.3 is 0 Å². The van der Waals surface area contributed by atoms with Crippen LogP contribution in [0.3, 0.4) is 0 Å². The molecule has 2 aromatic carbocycles. The van der Waals surface area contributed by atoms with Crippen molar-refractivity contribution in [2.45, 2.75) is 12.2 Å². The molecular formula is C19H20O7. The molecule has 1 aliphatic rings. The van der Waals surface area contributed by atoms with Gasteiger partial charge in [0.15, 0.2) is 23.7 Å². The minimum absolute atomic E-state index is 0.00642. The Labute approximate surface area is 151 Å². The number of Topliss-reactive ketones (excluding diaryl/α,β-unsaturated/α-hetero) is 1. The molecule has 0 fully saturated rings. The summed E-state index contributed by atoms with van der Waals surface area (Å²) in [5, 5.41) is 10.6. The molecule has 3 rings (SSSR count). The Hall–Kier alpha value is -2.93. The summed E-state index contributed by atoms with van der Waals surface area (Å²) in [7, 11) is 5.60. The summed E-state index contributed by atoms with van der Waals surface area (Å²) in [5.41, 5.74) is 0.702. The average Bonchev–Trinajstić information content (AvgIpc) is 2.67. The average molecular weight is 360 g/mol. The zero-order chi connectivity index (χ0) is 18.8. The lowest BCUT2D eigenvalue weighted by atomic mass is 9.92. The lowest BCUT2D eigenvalue weighted by Crippen LogP contribution is -2.38. The molecule has 0 saturated carbocycles. The minimum atomic E-state index is -0.932. The van der Waals surface area contributed by atoms with Crippen LogP contribution in [0.5, 0.6) is 28.7 Å². The molecule has 26 heavy (non-hydrogen) atoms. The maximum atomic E-state index is 13.1. The molecule has 1 heterocycles. The van der Waals surface area contributed by atoms with Gasteiger partial charge in [-0.2, -0.15) is 0 Å². The smallest absolute Gasteiger partial charge is 0.211 e. The molecule has 0 radical (unpaired) electrons. The predicted octanol–water partition coefficient (Wildman–Crippen LogP) is 2.75. The zero-order valence-electron chi connectivity index (χ0n) is 14.9. The molecule has 2 atom stereocenters. The molecule has 0 bridgehead atoms. The van der Waals surface area contributed by atoms with Crippen molar-refractivity contribution < 1.29 is 33.6 Å². The van der Waals surface area contributed by atoms with Gasteiger partial charge in [0.25, 0.3) is 0 Å². The van der Waals surface area contributed by atoms with Crippen LogP contribution < -0.4 is 18.9 Å². The van der Waals surface area contributed by atoms with E-state index in [0.29, 0.717) is 0 Å². The number of hydrogen-bond acceptors (Lipinski definition) is 7. The Kier molecular flexibility index (Phi) is 4.90. The van der Waals surface area contributed by atoms with Gasteiger partial charge in [0.05, 0.1) is 21.3 Å². The molecule has 0 saturated heterocycles. The van der Waals surface area contributed by atoms with E-state index in [-0.39, 0.29) is 34.3 Å². The Balaban J connectivity index is 2.26. The van der Waals surface area contributed by atoms with Crippen molar-refractivity contribution in [3.05, 3.63) is 41.5 Å². The van der Waals surface area contributed by atoms with Crippen molar-refractivity contribution in [3.63, 3.8) is 0 Å². The number of hydrogen-bond donors (Lipinski definition) is 1. The number of phenols is 1. The van der Waals surface area contributed by atoms with Gasteiger partial charge in [0.2, 0.25) is 23.0 Å². The van der Waals surface area contributed by atoms with Crippen LogP contribution in [0, 0.1) is 0 Å². The second-order valence-electron chi connectivity index (χ2n) is 5.62. The molecule has 1 N–H and O–H groups in total. The van der Waals surface area contributed by atoms with Gasteiger partial charge in [-0.25, -0.2) is 0 Å². The van der Waals surface area contributed by atoms with E-state index in [1.54, 1.807) is 0 Å². The number of fused-ring (bicyclic) bond motifs is 1. The van der Waals surface area contributed by atoms with E-state index in [4.69, 9.17) is 23.7 Å². The predicted molar refractivity (Wildman–Crippen MR) is 92.7 cm³/mol. The van der Waals surface area contributed by atoms with Gasteiger partial charge in [-0.3, -0.25) is 4.79 Å². The number of ketones is 1. The fraction of sp³-hybridized carbons (Fsp3) is 0.316. The third-order valence-electron chi connectivity index (χ3n) is 4.32. The summed E-state index contributed by atoms with van der Waals surface area (Å²) < 4.78 is 27.4. The van der Waals surface area contributed by atoms with E-state index in [0.717, 1.165) is 5.56 Å². The van der Waals surface area contributed by atoms with Crippen molar-refractivity contribution in [1.82, 2.24) is 0 Å². The SMILES string of the molecule is COc1c(O)c2c(c(OC)c1OC)O[C@@H](c1ccccc1)[C@@H](OC)C2=O. The Bertz CT molecular complexity index is 817. The van der Waals surface area contributed by atoms with Crippen molar-refractivity contribution in [1.29, 1.82) is 0 Å². The Morgan fingerprint density at radius 2 is 1.54 bits per heavy atom. The van der Waals surface area contributed by atoms with Crippen LogP contribution in [0.1, 0.15) is 22.0 Å². The monoisotopic (exact) mass is 360 g/mol. The molecule has 0 amide bonds. The largest absolute Gasteiger partial charge is 0.504 e. The van der Waals surface area contributed by atoms with E-state index in [1.807, 2.05) is 30.3 Å². The topological polar surface area (TPSA) is 83.5 Å². The quantitative estimate of drug-likeness (QED) is 0.878. The number of methoxy groups -OCH3 is 4. The molecule has 0 spiro atoms. The first-order valence-corrected chi connectivity index (χ1v) is 7.92. The fourth-order valence-corrected chi connectivity index (χ4v) is 3.13. The molecule has 7 heteroatoms. The molecule has 0 unspecified atom stereocenters. The van der Waals surface area contributed by atoms with E-state index >= 15 is 0 Å². The van der Waals surface area contributed by atoms with Crippen LogP contribution in [0.4, 0.5) is 0 Å². The molecule has 0 aromatic heterocycles. The Morgan fingerprint density at radius 3 is 2.08 bits per heavy atom. The van der Waals surface area contributed by atoms with Gasteiger partial charge in [0, 0.05) is 7.11 Å². The third kappa shape index (κ3) is 2.61. The van der Waals surface area contributed by atoms with Gasteiger partial charge in [-0.05, 0) is 5.56 Å². The second kappa shape index (κ2) is 7.13. The maximum Gasteiger partial charge on any atom is 0.211 e. The molecule has 7 nitrogen and oxygen atoms in total. The summed E-state index contributed by atoms with van der Waals surface area (Å²) in [5.74, 6) is -0.413. The lowest BCUT2D eigenvalue weighted by molar-refractivity contribution is -0.00229. The van der Waals surface area contributed by atoms with E-state index < -0.39 is 18.0 Å². The molecule has 2 aromatic rings. The summed E-state index contributed by atoms with van der Waals surface area (Å²) >= 11 is 0. The Morgan fingerprint density at radius 1 is 0.923 bits per heavy atom. The molecular weight excluding hydrogens is 340 g/mol.